The third kappa shape index (κ3) is 18.3. The molecule has 0 rings (SSSR count). The van der Waals surface area contributed by atoms with Gasteiger partial charge in [-0.15, -0.1) is 0 Å². The molecule has 35 heavy (non-hydrogen) atoms. The van der Waals surface area contributed by atoms with Gasteiger partial charge in [0.05, 0.1) is 6.61 Å². The second-order valence-electron chi connectivity index (χ2n) is 11.4. The average Bonchev–Trinajstić information content (AvgIpc) is 2.60. The van der Waals surface area contributed by atoms with Crippen LogP contribution in [0.2, 0.25) is 65.0 Å². The quantitative estimate of drug-likeness (QED) is 0.102. The molecule has 9 nitrogen and oxygen atoms in total. The maximum absolute atomic E-state index is 11.9. The molecule has 0 heterocycles. The van der Waals surface area contributed by atoms with Crippen molar-refractivity contribution in [2.75, 3.05) is 33.5 Å². The highest BCUT2D eigenvalue weighted by molar-refractivity contribution is 6.90. The fourth-order valence-electron chi connectivity index (χ4n) is 2.97. The SMILES string of the molecule is C=C(C)C(=O)OCC(COCCC[Si](O[Si](C)(C)C)(O[Si](C)(C)C)O[Si](C)(C)C)OC(=O)COC. The van der Waals surface area contributed by atoms with Gasteiger partial charge in [0, 0.05) is 25.3 Å². The van der Waals surface area contributed by atoms with Crippen LogP contribution < -0.4 is 0 Å². The van der Waals surface area contributed by atoms with Gasteiger partial charge in [0.1, 0.15) is 13.2 Å². The van der Waals surface area contributed by atoms with Crippen molar-refractivity contribution in [2.24, 2.45) is 0 Å². The molecule has 0 aliphatic carbocycles. The zero-order chi connectivity index (χ0) is 27.5. The molecule has 0 fully saturated rings. The molecule has 0 spiro atoms. The van der Waals surface area contributed by atoms with Crippen LogP contribution in [0.25, 0.3) is 0 Å². The number of esters is 2. The summed E-state index contributed by atoms with van der Waals surface area (Å²) < 4.78 is 41.1. The second kappa shape index (κ2) is 14.9. The van der Waals surface area contributed by atoms with Crippen LogP contribution in [0.15, 0.2) is 12.2 Å². The Morgan fingerprint density at radius 1 is 0.829 bits per heavy atom. The molecule has 0 saturated carbocycles. The molecule has 0 saturated heterocycles. The van der Waals surface area contributed by atoms with Crippen molar-refractivity contribution in [3.05, 3.63) is 12.2 Å². The van der Waals surface area contributed by atoms with Crippen LogP contribution in [0.5, 0.6) is 0 Å². The van der Waals surface area contributed by atoms with E-state index in [0.29, 0.717) is 19.1 Å². The van der Waals surface area contributed by atoms with E-state index in [2.05, 4.69) is 65.5 Å². The molecule has 0 bridgehead atoms. The molecule has 0 aliphatic rings. The first-order chi connectivity index (χ1) is 15.8. The number of hydrogen-bond acceptors (Lipinski definition) is 9. The highest BCUT2D eigenvalue weighted by atomic mass is 28.5. The summed E-state index contributed by atoms with van der Waals surface area (Å²) in [7, 11) is -7.37. The second-order valence-corrected chi connectivity index (χ2v) is 28.4. The Kier molecular flexibility index (Phi) is 14.6. The van der Waals surface area contributed by atoms with Crippen molar-refractivity contribution in [2.45, 2.75) is 84.4 Å². The smallest absolute Gasteiger partial charge is 0.458 e. The first-order valence-corrected chi connectivity index (χ1v) is 24.1. The van der Waals surface area contributed by atoms with Gasteiger partial charge in [0.25, 0.3) is 0 Å². The molecular weight excluding hydrogens is 521 g/mol. The average molecular weight is 569 g/mol. The third-order valence-corrected chi connectivity index (χ3v) is 15.8. The maximum atomic E-state index is 11.9. The number of rotatable bonds is 18. The van der Waals surface area contributed by atoms with Crippen LogP contribution in [-0.4, -0.2) is 85.3 Å². The largest absolute Gasteiger partial charge is 0.469 e. The summed E-state index contributed by atoms with van der Waals surface area (Å²) >= 11 is 0. The van der Waals surface area contributed by atoms with E-state index in [1.165, 1.54) is 7.11 Å². The fraction of sp³-hybridized carbons (Fsp3) is 0.818. The van der Waals surface area contributed by atoms with Gasteiger partial charge >= 0.3 is 20.7 Å². The van der Waals surface area contributed by atoms with Crippen molar-refractivity contribution < 1.29 is 40.9 Å². The first-order valence-electron chi connectivity index (χ1n) is 12.0. The molecule has 0 amide bonds. The Labute approximate surface area is 216 Å². The predicted octanol–water partition coefficient (Wildman–Crippen LogP) is 4.56. The lowest BCUT2D eigenvalue weighted by atomic mass is 10.3. The standard InChI is InChI=1S/C22H48O9Si4/c1-19(2)22(24)27-17-20(28-21(23)18-25-3)16-26-14-13-15-35(29-32(4,5)6,30-33(7,8)9)31-34(10,11)12/h20H,1,13-18H2,2-12H3. The molecule has 206 valence electrons. The van der Waals surface area contributed by atoms with Crippen LogP contribution in [-0.2, 0) is 40.9 Å². The van der Waals surface area contributed by atoms with E-state index in [0.717, 1.165) is 0 Å². The lowest BCUT2D eigenvalue weighted by Crippen LogP contribution is -2.60. The third-order valence-electron chi connectivity index (χ3n) is 3.77. The molecule has 13 heteroatoms. The van der Waals surface area contributed by atoms with Gasteiger partial charge < -0.3 is 31.3 Å². The topological polar surface area (TPSA) is 98.8 Å². The van der Waals surface area contributed by atoms with Crippen LogP contribution in [0.3, 0.4) is 0 Å². The number of carbonyl (C=O) groups excluding carboxylic acids is 2. The van der Waals surface area contributed by atoms with Crippen molar-refractivity contribution in [1.82, 2.24) is 0 Å². The number of hydrogen-bond donors (Lipinski definition) is 0. The summed E-state index contributed by atoms with van der Waals surface area (Å²) in [6.45, 7) is 24.6. The van der Waals surface area contributed by atoms with Gasteiger partial charge in [-0.1, -0.05) is 6.58 Å². The van der Waals surface area contributed by atoms with Crippen molar-refractivity contribution in [3.8, 4) is 0 Å². The van der Waals surface area contributed by atoms with Crippen LogP contribution in [0.1, 0.15) is 13.3 Å². The van der Waals surface area contributed by atoms with Crippen LogP contribution in [0.4, 0.5) is 0 Å². The van der Waals surface area contributed by atoms with E-state index in [1.807, 2.05) is 0 Å². The van der Waals surface area contributed by atoms with Gasteiger partial charge in [-0.05, 0) is 72.3 Å². The number of methoxy groups -OCH3 is 1. The Morgan fingerprint density at radius 2 is 1.31 bits per heavy atom. The van der Waals surface area contributed by atoms with Gasteiger partial charge in [-0.3, -0.25) is 0 Å². The molecule has 0 aliphatic heterocycles. The Hall–Kier alpha value is -0.652. The van der Waals surface area contributed by atoms with Gasteiger partial charge in [-0.2, -0.15) is 0 Å². The molecule has 0 aromatic heterocycles. The van der Waals surface area contributed by atoms with Crippen LogP contribution >= 0.6 is 0 Å². The van der Waals surface area contributed by atoms with Crippen molar-refractivity contribution in [3.63, 3.8) is 0 Å². The predicted molar refractivity (Wildman–Crippen MR) is 147 cm³/mol. The summed E-state index contributed by atoms with van der Waals surface area (Å²) in [5.41, 5.74) is 0.265. The zero-order valence-corrected chi connectivity index (χ0v) is 27.7. The van der Waals surface area contributed by atoms with Crippen molar-refractivity contribution in [1.29, 1.82) is 0 Å². The monoisotopic (exact) mass is 568 g/mol. The molecule has 1 unspecified atom stereocenters. The number of ether oxygens (including phenoxy) is 4. The minimum absolute atomic E-state index is 0.0755. The Morgan fingerprint density at radius 3 is 1.71 bits per heavy atom. The number of carbonyl (C=O) groups is 2. The minimum atomic E-state index is -2.93. The van der Waals surface area contributed by atoms with E-state index in [1.54, 1.807) is 6.92 Å². The first kappa shape index (κ1) is 34.3. The molecule has 0 aromatic rings. The molecule has 1 atom stereocenters. The van der Waals surface area contributed by atoms with E-state index in [9.17, 15) is 9.59 Å². The van der Waals surface area contributed by atoms with Gasteiger partial charge in [0.2, 0.25) is 0 Å². The molecule has 0 aromatic carbocycles. The fourth-order valence-corrected chi connectivity index (χ4v) is 17.6. The van der Waals surface area contributed by atoms with Crippen LogP contribution in [0, 0.1) is 0 Å². The summed E-state index contributed by atoms with van der Waals surface area (Å²) in [6, 6.07) is 0.643. The van der Waals surface area contributed by atoms with E-state index < -0.39 is 51.8 Å². The summed E-state index contributed by atoms with van der Waals surface area (Å²) in [4.78, 5) is 23.6. The van der Waals surface area contributed by atoms with E-state index in [-0.39, 0.29) is 25.4 Å². The highest BCUT2D eigenvalue weighted by Gasteiger charge is 2.49. The maximum Gasteiger partial charge on any atom is 0.469 e. The normalized spacial score (nSPS) is 13.9. The van der Waals surface area contributed by atoms with E-state index in [4.69, 9.17) is 31.3 Å². The molecule has 0 N–H and O–H groups in total. The van der Waals surface area contributed by atoms with E-state index >= 15 is 0 Å². The summed E-state index contributed by atoms with van der Waals surface area (Å²) in [5, 5.41) is 0. The zero-order valence-electron chi connectivity index (χ0n) is 23.7. The molecular formula is C22H48O9Si4. The lowest BCUT2D eigenvalue weighted by molar-refractivity contribution is -0.164. The Balaban J connectivity index is 5.22. The summed E-state index contributed by atoms with van der Waals surface area (Å²) in [6.07, 6.45) is -0.0895. The van der Waals surface area contributed by atoms with Gasteiger partial charge in [-0.25, -0.2) is 9.59 Å². The lowest BCUT2D eigenvalue weighted by Gasteiger charge is -2.42. The summed E-state index contributed by atoms with van der Waals surface area (Å²) in [5.74, 6) is -1.11. The minimum Gasteiger partial charge on any atom is -0.458 e. The molecule has 0 radical (unpaired) electrons. The van der Waals surface area contributed by atoms with Crippen molar-refractivity contribution >= 4 is 45.7 Å². The Bertz CT molecular complexity index is 641. The van der Waals surface area contributed by atoms with Gasteiger partial charge in [0.15, 0.2) is 31.1 Å². The highest BCUT2D eigenvalue weighted by Crippen LogP contribution is 2.29.